The summed E-state index contributed by atoms with van der Waals surface area (Å²) in [4.78, 5) is 25.4. The third kappa shape index (κ3) is 9.73. The molecule has 4 nitrogen and oxygen atoms in total. The van der Waals surface area contributed by atoms with Gasteiger partial charge in [0.05, 0.1) is 7.11 Å². The highest BCUT2D eigenvalue weighted by Gasteiger charge is 2.03. The van der Waals surface area contributed by atoms with Crippen molar-refractivity contribution >= 4 is 82.2 Å². The van der Waals surface area contributed by atoms with Crippen molar-refractivity contribution in [3.8, 4) is 0 Å². The summed E-state index contributed by atoms with van der Waals surface area (Å²) >= 11 is 13.1. The number of nitrogens with zero attached hydrogens (tertiary/aromatic N) is 1. The Morgan fingerprint density at radius 3 is 1.52 bits per heavy atom. The molecule has 0 aliphatic heterocycles. The molecule has 0 saturated heterocycles. The molecule has 1 amide bonds. The molecule has 2 rings (SSSR count). The van der Waals surface area contributed by atoms with Crippen LogP contribution in [0.15, 0.2) is 34.9 Å². The number of hydrogen-bond acceptors (Lipinski definition) is 5. The van der Waals surface area contributed by atoms with Crippen LogP contribution in [-0.4, -0.2) is 30.9 Å². The molecule has 0 atom stereocenters. The number of amides is 1. The first-order chi connectivity index (χ1) is 10.7. The average molecular weight is 550 g/mol. The summed E-state index contributed by atoms with van der Waals surface area (Å²) < 4.78 is 3.18. The monoisotopic (exact) mass is 547 g/mol. The number of hydrogen-bond donors (Lipinski definition) is 0. The zero-order valence-corrected chi connectivity index (χ0v) is 19.3. The largest absolute Gasteiger partial charge is 0.294 e. The Bertz CT molecular complexity index is 612. The molecule has 0 unspecified atom stereocenters. The van der Waals surface area contributed by atoms with Gasteiger partial charge in [-0.05, 0) is 54.7 Å². The number of carbonyl (C=O) groups excluding carboxylic acids is 2. The second-order valence-electron chi connectivity index (χ2n) is 3.96. The number of halogens is 3. The van der Waals surface area contributed by atoms with E-state index in [9.17, 15) is 9.59 Å². The minimum Gasteiger partial charge on any atom is -0.294 e. The van der Waals surface area contributed by atoms with Crippen LogP contribution in [-0.2, 0) is 9.63 Å². The van der Waals surface area contributed by atoms with Gasteiger partial charge in [0.15, 0.2) is 5.78 Å². The highest BCUT2D eigenvalue weighted by atomic mass is 79.9. The van der Waals surface area contributed by atoms with Gasteiger partial charge in [-0.15, -0.1) is 0 Å². The lowest BCUT2D eigenvalue weighted by atomic mass is 10.2. The molecule has 9 heteroatoms. The summed E-state index contributed by atoms with van der Waals surface area (Å²) in [7, 11) is 3.00. The van der Waals surface area contributed by atoms with E-state index in [-0.39, 0.29) is 11.7 Å². The summed E-state index contributed by atoms with van der Waals surface area (Å²) in [6.45, 7) is 3.00. The lowest BCUT2D eigenvalue weighted by Crippen LogP contribution is -2.21. The van der Waals surface area contributed by atoms with Crippen LogP contribution in [0, 0.1) is 0 Å². The molecule has 23 heavy (non-hydrogen) atoms. The van der Waals surface area contributed by atoms with Gasteiger partial charge < -0.3 is 0 Å². The zero-order valence-electron chi connectivity index (χ0n) is 12.9. The Kier molecular flexibility index (Phi) is 12.3. The number of rotatable bonds is 2. The molecule has 0 aliphatic rings. The summed E-state index contributed by atoms with van der Waals surface area (Å²) in [5, 5.41) is 8.96. The van der Waals surface area contributed by atoms with E-state index in [2.05, 4.69) is 52.6 Å². The first kappa shape index (κ1) is 22.9. The number of Topliss-reactive ketones (excluding diaryl/α,β-unsaturated/α-hetero) is 1. The molecule has 0 aliphatic carbocycles. The normalized spacial score (nSPS) is 9.17. The Morgan fingerprint density at radius 2 is 1.39 bits per heavy atom. The minimum atomic E-state index is -0.0949. The Balaban J connectivity index is 0.000000320. The van der Waals surface area contributed by atoms with E-state index in [0.29, 0.717) is 0 Å². The van der Waals surface area contributed by atoms with Crippen LogP contribution >= 0.6 is 70.5 Å². The number of carbonyl (C=O) groups is 2. The molecule has 0 spiro atoms. The van der Waals surface area contributed by atoms with Gasteiger partial charge in [0.1, 0.15) is 0 Å². The van der Waals surface area contributed by atoms with Crippen molar-refractivity contribution in [3.05, 3.63) is 40.5 Å². The maximum absolute atomic E-state index is 10.7. The SMILES string of the molecule is Brc1cscc1Br.CC(=O)c1cscc1Br.CON(C)C(C)=O. The van der Waals surface area contributed by atoms with Crippen LogP contribution in [0.1, 0.15) is 24.2 Å². The van der Waals surface area contributed by atoms with E-state index < -0.39 is 0 Å². The third-order valence-electron chi connectivity index (χ3n) is 2.28. The highest BCUT2D eigenvalue weighted by Crippen LogP contribution is 2.26. The molecule has 0 saturated carbocycles. The van der Waals surface area contributed by atoms with Crippen LogP contribution in [0.4, 0.5) is 0 Å². The fourth-order valence-corrected chi connectivity index (χ4v) is 4.28. The predicted octanol–water partition coefficient (Wildman–Crippen LogP) is 6.01. The third-order valence-corrected chi connectivity index (χ3v) is 7.18. The van der Waals surface area contributed by atoms with Gasteiger partial charge in [0, 0.05) is 54.5 Å². The van der Waals surface area contributed by atoms with Crippen molar-refractivity contribution in [1.29, 1.82) is 0 Å². The predicted molar refractivity (Wildman–Crippen MR) is 107 cm³/mol. The molecule has 0 N–H and O–H groups in total. The van der Waals surface area contributed by atoms with Crippen molar-refractivity contribution in [2.24, 2.45) is 0 Å². The molecular weight excluding hydrogens is 534 g/mol. The van der Waals surface area contributed by atoms with E-state index >= 15 is 0 Å². The number of hydroxylamine groups is 2. The van der Waals surface area contributed by atoms with Gasteiger partial charge >= 0.3 is 0 Å². The van der Waals surface area contributed by atoms with Crippen LogP contribution < -0.4 is 0 Å². The molecule has 0 bridgehead atoms. The molecule has 2 aromatic rings. The Labute approximate surface area is 169 Å². The molecule has 0 radical (unpaired) electrons. The van der Waals surface area contributed by atoms with Gasteiger partial charge in [-0.25, -0.2) is 5.06 Å². The molecule has 2 aromatic heterocycles. The smallest absolute Gasteiger partial charge is 0.242 e. The van der Waals surface area contributed by atoms with Gasteiger partial charge in [-0.2, -0.15) is 22.7 Å². The van der Waals surface area contributed by atoms with E-state index in [0.717, 1.165) is 24.0 Å². The van der Waals surface area contributed by atoms with Crippen molar-refractivity contribution < 1.29 is 14.4 Å². The summed E-state index contributed by atoms with van der Waals surface area (Å²) in [5.41, 5.74) is 0.778. The van der Waals surface area contributed by atoms with Gasteiger partial charge in [-0.3, -0.25) is 14.4 Å². The fourth-order valence-electron chi connectivity index (χ4n) is 0.927. The first-order valence-electron chi connectivity index (χ1n) is 6.08. The van der Waals surface area contributed by atoms with E-state index in [1.54, 1.807) is 25.3 Å². The fraction of sp³-hybridized carbons (Fsp3) is 0.286. The summed E-state index contributed by atoms with van der Waals surface area (Å²) in [6, 6.07) is 0. The van der Waals surface area contributed by atoms with Crippen LogP contribution in [0.3, 0.4) is 0 Å². The lowest BCUT2D eigenvalue weighted by Gasteiger charge is -2.08. The topological polar surface area (TPSA) is 46.6 Å². The van der Waals surface area contributed by atoms with Crippen molar-refractivity contribution in [2.75, 3.05) is 14.2 Å². The van der Waals surface area contributed by atoms with Gasteiger partial charge in [-0.1, -0.05) is 0 Å². The molecule has 2 heterocycles. The Morgan fingerprint density at radius 1 is 0.957 bits per heavy atom. The van der Waals surface area contributed by atoms with Gasteiger partial charge in [0.25, 0.3) is 0 Å². The van der Waals surface area contributed by atoms with Crippen LogP contribution in [0.2, 0.25) is 0 Å². The van der Waals surface area contributed by atoms with Crippen molar-refractivity contribution in [1.82, 2.24) is 5.06 Å². The van der Waals surface area contributed by atoms with Crippen molar-refractivity contribution in [3.63, 3.8) is 0 Å². The minimum absolute atomic E-state index is 0.0949. The molecule has 128 valence electrons. The second-order valence-corrected chi connectivity index (χ2v) is 8.01. The maximum atomic E-state index is 10.7. The van der Waals surface area contributed by atoms with Gasteiger partial charge in [0.2, 0.25) is 5.91 Å². The van der Waals surface area contributed by atoms with Crippen LogP contribution in [0.5, 0.6) is 0 Å². The second kappa shape index (κ2) is 12.3. The first-order valence-corrected chi connectivity index (χ1v) is 10.3. The van der Waals surface area contributed by atoms with Crippen LogP contribution in [0.25, 0.3) is 0 Å². The summed E-state index contributed by atoms with van der Waals surface area (Å²) in [6.07, 6.45) is 0. The quantitative estimate of drug-likeness (QED) is 0.340. The van der Waals surface area contributed by atoms with E-state index in [4.69, 9.17) is 0 Å². The van der Waals surface area contributed by atoms with E-state index in [1.165, 1.54) is 25.4 Å². The van der Waals surface area contributed by atoms with E-state index in [1.807, 2.05) is 21.5 Å². The highest BCUT2D eigenvalue weighted by molar-refractivity contribution is 9.13. The number of thiophene rings is 2. The zero-order chi connectivity index (χ0) is 18.0. The molecule has 0 fully saturated rings. The average Bonchev–Trinajstić information content (AvgIpc) is 3.08. The maximum Gasteiger partial charge on any atom is 0.242 e. The summed E-state index contributed by atoms with van der Waals surface area (Å²) in [5.74, 6) is 0.0191. The molecular formula is C14H16Br3NO3S2. The Hall–Kier alpha value is -0.0600. The lowest BCUT2D eigenvalue weighted by molar-refractivity contribution is -0.165. The molecule has 0 aromatic carbocycles. The number of ketones is 1. The van der Waals surface area contributed by atoms with Crippen molar-refractivity contribution in [2.45, 2.75) is 13.8 Å². The standard InChI is InChI=1S/C6H5BrOS.C4H2Br2S.C4H9NO2/c1-4(8)5-2-9-3-6(5)7;5-3-1-7-2-4(3)6;1-4(6)5(2)7-3/h2-3H,1H3;1-2H;1-3H3.